The zero-order valence-electron chi connectivity index (χ0n) is 12.9. The van der Waals surface area contributed by atoms with E-state index in [0.29, 0.717) is 12.3 Å². The van der Waals surface area contributed by atoms with Gasteiger partial charge >= 0.3 is 6.03 Å². The van der Waals surface area contributed by atoms with Crippen LogP contribution < -0.4 is 11.1 Å². The van der Waals surface area contributed by atoms with Gasteiger partial charge in [-0.1, -0.05) is 30.5 Å². The number of aryl methyl sites for hydroxylation is 1. The first kappa shape index (κ1) is 14.9. The van der Waals surface area contributed by atoms with Crippen LogP contribution in [-0.4, -0.2) is 28.9 Å². The Morgan fingerprint density at radius 2 is 1.86 bits per heavy atom. The summed E-state index contributed by atoms with van der Waals surface area (Å²) in [6.45, 7) is 2.00. The third-order valence-electron chi connectivity index (χ3n) is 4.95. The zero-order chi connectivity index (χ0) is 15.7. The van der Waals surface area contributed by atoms with Gasteiger partial charge in [0.05, 0.1) is 0 Å². The van der Waals surface area contributed by atoms with Gasteiger partial charge in [-0.2, -0.15) is 0 Å². The highest BCUT2D eigenvalue weighted by molar-refractivity contribution is 5.94. The lowest BCUT2D eigenvalue weighted by Gasteiger charge is -2.33. The van der Waals surface area contributed by atoms with Crippen molar-refractivity contribution >= 4 is 17.6 Å². The molecular formula is C17H23N3O2. The van der Waals surface area contributed by atoms with Crippen LogP contribution in [0, 0.1) is 12.8 Å². The summed E-state index contributed by atoms with van der Waals surface area (Å²) in [5, 5.41) is 2.91. The number of nitrogens with zero attached hydrogens (tertiary/aromatic N) is 1. The average Bonchev–Trinajstić information content (AvgIpc) is 2.89. The summed E-state index contributed by atoms with van der Waals surface area (Å²) in [6.07, 6.45) is 5.06. The van der Waals surface area contributed by atoms with Crippen molar-refractivity contribution in [1.82, 2.24) is 4.90 Å². The molecule has 1 aromatic rings. The molecule has 0 bridgehead atoms. The van der Waals surface area contributed by atoms with Crippen LogP contribution in [0.1, 0.15) is 37.7 Å². The van der Waals surface area contributed by atoms with Crippen LogP contribution in [0.2, 0.25) is 0 Å². The molecule has 3 amide bonds. The van der Waals surface area contributed by atoms with E-state index in [-0.39, 0.29) is 12.1 Å². The number of nitrogens with one attached hydrogen (secondary N) is 1. The van der Waals surface area contributed by atoms with E-state index in [1.54, 1.807) is 4.90 Å². The van der Waals surface area contributed by atoms with Gasteiger partial charge in [-0.05, 0) is 44.2 Å². The first-order valence-electron chi connectivity index (χ1n) is 8.01. The van der Waals surface area contributed by atoms with E-state index in [2.05, 4.69) is 5.32 Å². The molecule has 22 heavy (non-hydrogen) atoms. The molecule has 0 radical (unpaired) electrons. The van der Waals surface area contributed by atoms with Gasteiger partial charge in [-0.25, -0.2) is 4.79 Å². The molecule has 1 heterocycles. The van der Waals surface area contributed by atoms with Crippen LogP contribution in [0.3, 0.4) is 0 Å². The van der Waals surface area contributed by atoms with Crippen molar-refractivity contribution in [2.45, 2.75) is 51.1 Å². The molecule has 2 fully saturated rings. The number of carbonyl (C=O) groups is 2. The van der Waals surface area contributed by atoms with Crippen molar-refractivity contribution < 1.29 is 9.59 Å². The molecule has 0 unspecified atom stereocenters. The van der Waals surface area contributed by atoms with Gasteiger partial charge < -0.3 is 16.0 Å². The smallest absolute Gasteiger partial charge is 0.322 e. The van der Waals surface area contributed by atoms with Crippen LogP contribution in [0.4, 0.5) is 10.5 Å². The van der Waals surface area contributed by atoms with Gasteiger partial charge in [0.25, 0.3) is 0 Å². The maximum atomic E-state index is 12.7. The monoisotopic (exact) mass is 301 g/mol. The molecule has 5 heteroatoms. The molecule has 1 saturated carbocycles. The quantitative estimate of drug-likeness (QED) is 0.881. The molecule has 0 aromatic heterocycles. The van der Waals surface area contributed by atoms with Gasteiger partial charge in [0, 0.05) is 11.7 Å². The molecule has 1 aliphatic carbocycles. The van der Waals surface area contributed by atoms with Crippen LogP contribution in [0.25, 0.3) is 0 Å². The van der Waals surface area contributed by atoms with Crippen LogP contribution in [0.15, 0.2) is 24.3 Å². The number of hydrogen-bond acceptors (Lipinski definition) is 2. The van der Waals surface area contributed by atoms with Crippen molar-refractivity contribution in [3.8, 4) is 0 Å². The topological polar surface area (TPSA) is 75.4 Å². The fourth-order valence-corrected chi connectivity index (χ4v) is 3.83. The van der Waals surface area contributed by atoms with Gasteiger partial charge in [-0.15, -0.1) is 0 Å². The lowest BCUT2D eigenvalue weighted by molar-refractivity contribution is -0.121. The van der Waals surface area contributed by atoms with E-state index in [0.717, 1.165) is 30.5 Å². The first-order valence-corrected chi connectivity index (χ1v) is 8.01. The summed E-state index contributed by atoms with van der Waals surface area (Å²) in [6, 6.07) is 7.13. The molecule has 2 aliphatic rings. The Morgan fingerprint density at radius 3 is 2.55 bits per heavy atom. The number of fused-ring (bicyclic) bond motifs is 1. The van der Waals surface area contributed by atoms with Gasteiger partial charge in [-0.3, -0.25) is 4.79 Å². The second-order valence-electron chi connectivity index (χ2n) is 6.47. The van der Waals surface area contributed by atoms with Crippen LogP contribution in [-0.2, 0) is 4.79 Å². The lowest BCUT2D eigenvalue weighted by atomic mass is 9.85. The van der Waals surface area contributed by atoms with E-state index < -0.39 is 11.9 Å². The highest BCUT2D eigenvalue weighted by Gasteiger charge is 2.46. The van der Waals surface area contributed by atoms with E-state index in [4.69, 9.17) is 5.73 Å². The first-order chi connectivity index (χ1) is 10.6. The largest absolute Gasteiger partial charge is 0.368 e. The summed E-state index contributed by atoms with van der Waals surface area (Å²) in [5.74, 6) is 0.0171. The lowest BCUT2D eigenvalue weighted by Crippen LogP contribution is -2.49. The number of anilines is 1. The number of hydrogen-bond donors (Lipinski definition) is 2. The molecule has 3 atom stereocenters. The highest BCUT2D eigenvalue weighted by atomic mass is 16.2. The molecular weight excluding hydrogens is 278 g/mol. The minimum atomic E-state index is -0.474. The van der Waals surface area contributed by atoms with Gasteiger partial charge in [0.15, 0.2) is 0 Å². The van der Waals surface area contributed by atoms with E-state index >= 15 is 0 Å². The van der Waals surface area contributed by atoms with Crippen molar-refractivity contribution in [3.05, 3.63) is 29.8 Å². The van der Waals surface area contributed by atoms with E-state index in [1.165, 1.54) is 6.42 Å². The minimum Gasteiger partial charge on any atom is -0.368 e. The summed E-state index contributed by atoms with van der Waals surface area (Å²) in [5.41, 5.74) is 7.42. The molecule has 3 rings (SSSR count). The minimum absolute atomic E-state index is 0.150. The van der Waals surface area contributed by atoms with Crippen molar-refractivity contribution in [3.63, 3.8) is 0 Å². The Hall–Kier alpha value is -2.04. The molecule has 3 N–H and O–H groups in total. The molecule has 1 aromatic carbocycles. The second-order valence-corrected chi connectivity index (χ2v) is 6.47. The summed E-state index contributed by atoms with van der Waals surface area (Å²) >= 11 is 0. The van der Waals surface area contributed by atoms with Crippen molar-refractivity contribution in [2.75, 3.05) is 5.32 Å². The van der Waals surface area contributed by atoms with Crippen LogP contribution >= 0.6 is 0 Å². The molecule has 1 saturated heterocycles. The highest BCUT2D eigenvalue weighted by Crippen LogP contribution is 2.39. The normalized spacial score (nSPS) is 27.3. The average molecular weight is 301 g/mol. The Morgan fingerprint density at radius 1 is 1.18 bits per heavy atom. The summed E-state index contributed by atoms with van der Waals surface area (Å²) in [4.78, 5) is 26.1. The van der Waals surface area contributed by atoms with Gasteiger partial charge in [0.1, 0.15) is 6.04 Å². The Balaban J connectivity index is 1.78. The predicted molar refractivity (Wildman–Crippen MR) is 85.4 cm³/mol. The maximum Gasteiger partial charge on any atom is 0.322 e. The van der Waals surface area contributed by atoms with E-state index in [1.807, 2.05) is 31.2 Å². The Labute approximate surface area is 130 Å². The summed E-state index contributed by atoms with van der Waals surface area (Å²) in [7, 11) is 0. The number of primary amides is 1. The molecule has 5 nitrogen and oxygen atoms in total. The second kappa shape index (κ2) is 5.99. The molecule has 0 spiro atoms. The third kappa shape index (κ3) is 2.80. The third-order valence-corrected chi connectivity index (χ3v) is 4.95. The van der Waals surface area contributed by atoms with Gasteiger partial charge in [0.2, 0.25) is 5.91 Å². The number of urea groups is 1. The van der Waals surface area contributed by atoms with Crippen LogP contribution in [0.5, 0.6) is 0 Å². The SMILES string of the molecule is Cc1ccc(NC(=O)N2[C@@H]3CCCC[C@H]3C[C@H]2C(N)=O)cc1. The maximum absolute atomic E-state index is 12.7. The number of benzene rings is 1. The number of rotatable bonds is 2. The Kier molecular flexibility index (Phi) is 4.05. The van der Waals surface area contributed by atoms with E-state index in [9.17, 15) is 9.59 Å². The molecule has 118 valence electrons. The molecule has 1 aliphatic heterocycles. The number of nitrogens with two attached hydrogens (primary N) is 1. The standard InChI is InChI=1S/C17H23N3O2/c1-11-6-8-13(9-7-11)19-17(22)20-14-5-3-2-4-12(14)10-15(20)16(18)21/h6-9,12,14-15H,2-5,10H2,1H3,(H2,18,21)(H,19,22)/t12-,14+,15-/m0/s1. The van der Waals surface area contributed by atoms with Crippen molar-refractivity contribution in [1.29, 1.82) is 0 Å². The zero-order valence-corrected chi connectivity index (χ0v) is 12.9. The van der Waals surface area contributed by atoms with Crippen molar-refractivity contribution in [2.24, 2.45) is 11.7 Å². The summed E-state index contributed by atoms with van der Waals surface area (Å²) < 4.78 is 0. The fourth-order valence-electron chi connectivity index (χ4n) is 3.83. The number of amides is 3. The number of carbonyl (C=O) groups excluding carboxylic acids is 2. The Bertz CT molecular complexity index is 570. The predicted octanol–water partition coefficient (Wildman–Crippen LogP) is 2.65. The fraction of sp³-hybridized carbons (Fsp3) is 0.529. The number of likely N-dealkylation sites (tertiary alicyclic amines) is 1.